The third-order valence-electron chi connectivity index (χ3n) is 4.60. The monoisotopic (exact) mass is 428 g/mol. The average Bonchev–Trinajstić information content (AvgIpc) is 3.44. The summed E-state index contributed by atoms with van der Waals surface area (Å²) in [5.74, 6) is 1.36. The molecule has 0 aliphatic heterocycles. The lowest BCUT2D eigenvalue weighted by Crippen LogP contribution is -2.13. The molecule has 0 fully saturated rings. The van der Waals surface area contributed by atoms with Gasteiger partial charge in [0, 0.05) is 17.4 Å². The SMILES string of the molecule is Nc1ncnc2sc(-c3cn[nH]c3)c(C(=O)Nc3ccc(Oc4ccccc4)cc3)c12. The Bertz CT molecular complexity index is 1350. The quantitative estimate of drug-likeness (QED) is 0.373. The minimum absolute atomic E-state index is 0.257. The molecule has 0 unspecified atom stereocenters. The minimum atomic E-state index is -0.305. The van der Waals surface area contributed by atoms with E-state index in [-0.39, 0.29) is 11.7 Å². The third kappa shape index (κ3) is 3.69. The van der Waals surface area contributed by atoms with E-state index in [1.165, 1.54) is 17.7 Å². The summed E-state index contributed by atoms with van der Waals surface area (Å²) >= 11 is 1.37. The number of thiophene rings is 1. The second-order valence-corrected chi connectivity index (χ2v) is 7.62. The summed E-state index contributed by atoms with van der Waals surface area (Å²) in [7, 11) is 0. The van der Waals surface area contributed by atoms with Gasteiger partial charge in [0.05, 0.1) is 22.0 Å². The Balaban J connectivity index is 1.45. The summed E-state index contributed by atoms with van der Waals surface area (Å²) < 4.78 is 5.80. The van der Waals surface area contributed by atoms with Crippen LogP contribution < -0.4 is 15.8 Å². The van der Waals surface area contributed by atoms with E-state index in [2.05, 4.69) is 25.5 Å². The number of nitrogens with one attached hydrogen (secondary N) is 2. The molecule has 0 bridgehead atoms. The number of rotatable bonds is 5. The van der Waals surface area contributed by atoms with Crippen molar-refractivity contribution >= 4 is 39.0 Å². The molecule has 5 rings (SSSR count). The van der Waals surface area contributed by atoms with Crippen LogP contribution in [0.5, 0.6) is 11.5 Å². The number of fused-ring (bicyclic) bond motifs is 1. The van der Waals surface area contributed by atoms with E-state index in [0.29, 0.717) is 27.2 Å². The molecule has 0 atom stereocenters. The van der Waals surface area contributed by atoms with Crippen LogP contribution in [-0.2, 0) is 0 Å². The van der Waals surface area contributed by atoms with E-state index in [1.807, 2.05) is 30.3 Å². The molecule has 1 amide bonds. The highest BCUT2D eigenvalue weighted by Gasteiger charge is 2.24. The third-order valence-corrected chi connectivity index (χ3v) is 5.74. The zero-order valence-corrected chi connectivity index (χ0v) is 16.9. The molecule has 5 aromatic rings. The van der Waals surface area contributed by atoms with Crippen LogP contribution in [0.2, 0.25) is 0 Å². The zero-order valence-electron chi connectivity index (χ0n) is 16.1. The smallest absolute Gasteiger partial charge is 0.257 e. The van der Waals surface area contributed by atoms with Crippen molar-refractivity contribution in [1.82, 2.24) is 20.2 Å². The molecule has 9 heteroatoms. The number of para-hydroxylation sites is 1. The largest absolute Gasteiger partial charge is 0.457 e. The number of aromatic nitrogens is 4. The molecule has 0 aliphatic carbocycles. The maximum Gasteiger partial charge on any atom is 0.257 e. The summed E-state index contributed by atoms with van der Waals surface area (Å²) in [5, 5.41) is 10.2. The predicted octanol–water partition coefficient (Wildman–Crippen LogP) is 4.71. The van der Waals surface area contributed by atoms with E-state index in [9.17, 15) is 4.79 Å². The molecule has 31 heavy (non-hydrogen) atoms. The number of nitrogens with zero attached hydrogens (tertiary/aromatic N) is 3. The molecular weight excluding hydrogens is 412 g/mol. The summed E-state index contributed by atoms with van der Waals surface area (Å²) in [5.41, 5.74) is 7.90. The Morgan fingerprint density at radius 1 is 1.03 bits per heavy atom. The van der Waals surface area contributed by atoms with Gasteiger partial charge in [0.15, 0.2) is 0 Å². The van der Waals surface area contributed by atoms with Crippen LogP contribution in [0.3, 0.4) is 0 Å². The second kappa shape index (κ2) is 7.88. The van der Waals surface area contributed by atoms with Crippen molar-refractivity contribution in [2.24, 2.45) is 0 Å². The van der Waals surface area contributed by atoms with Crippen molar-refractivity contribution in [3.63, 3.8) is 0 Å². The maximum absolute atomic E-state index is 13.3. The summed E-state index contributed by atoms with van der Waals surface area (Å²) in [6.45, 7) is 0. The number of benzene rings is 2. The topological polar surface area (TPSA) is 119 Å². The van der Waals surface area contributed by atoms with E-state index >= 15 is 0 Å². The number of nitrogen functional groups attached to an aromatic ring is 1. The van der Waals surface area contributed by atoms with Gasteiger partial charge in [-0.05, 0) is 36.4 Å². The number of hydrogen-bond acceptors (Lipinski definition) is 7. The summed E-state index contributed by atoms with van der Waals surface area (Å²) in [4.78, 5) is 22.9. The van der Waals surface area contributed by atoms with Gasteiger partial charge >= 0.3 is 0 Å². The molecule has 0 saturated heterocycles. The van der Waals surface area contributed by atoms with Crippen molar-refractivity contribution in [1.29, 1.82) is 0 Å². The number of ether oxygens (including phenoxy) is 1. The highest BCUT2D eigenvalue weighted by Crippen LogP contribution is 2.39. The lowest BCUT2D eigenvalue weighted by Gasteiger charge is -2.09. The van der Waals surface area contributed by atoms with Crippen LogP contribution in [0.15, 0.2) is 73.3 Å². The number of carbonyl (C=O) groups is 1. The average molecular weight is 428 g/mol. The fourth-order valence-electron chi connectivity index (χ4n) is 3.18. The Hall–Kier alpha value is -4.24. The van der Waals surface area contributed by atoms with E-state index in [1.54, 1.807) is 36.7 Å². The second-order valence-electron chi connectivity index (χ2n) is 6.63. The first-order valence-corrected chi connectivity index (χ1v) is 10.2. The van der Waals surface area contributed by atoms with Crippen LogP contribution in [0.25, 0.3) is 20.7 Å². The van der Waals surface area contributed by atoms with Gasteiger partial charge in [-0.25, -0.2) is 9.97 Å². The van der Waals surface area contributed by atoms with Gasteiger partial charge < -0.3 is 15.8 Å². The number of H-pyrrole nitrogens is 1. The molecular formula is C22H16N6O2S. The highest BCUT2D eigenvalue weighted by molar-refractivity contribution is 7.22. The van der Waals surface area contributed by atoms with Crippen LogP contribution in [0.1, 0.15) is 10.4 Å². The lowest BCUT2D eigenvalue weighted by molar-refractivity contribution is 0.102. The minimum Gasteiger partial charge on any atom is -0.457 e. The predicted molar refractivity (Wildman–Crippen MR) is 120 cm³/mol. The molecule has 2 aromatic carbocycles. The van der Waals surface area contributed by atoms with Gasteiger partial charge in [0.2, 0.25) is 0 Å². The van der Waals surface area contributed by atoms with Gasteiger partial charge in [-0.15, -0.1) is 11.3 Å². The number of carbonyl (C=O) groups excluding carboxylic acids is 1. The first-order chi connectivity index (χ1) is 15.2. The van der Waals surface area contributed by atoms with Gasteiger partial charge in [-0.1, -0.05) is 18.2 Å². The van der Waals surface area contributed by atoms with Gasteiger partial charge in [0.1, 0.15) is 28.5 Å². The van der Waals surface area contributed by atoms with Crippen molar-refractivity contribution in [3.05, 3.63) is 78.9 Å². The van der Waals surface area contributed by atoms with Gasteiger partial charge in [-0.2, -0.15) is 5.10 Å². The number of amides is 1. The van der Waals surface area contributed by atoms with E-state index in [4.69, 9.17) is 10.5 Å². The highest BCUT2D eigenvalue weighted by atomic mass is 32.1. The van der Waals surface area contributed by atoms with E-state index in [0.717, 1.165) is 16.2 Å². The fourth-order valence-corrected chi connectivity index (χ4v) is 4.30. The fraction of sp³-hybridized carbons (Fsp3) is 0. The molecule has 0 aliphatic rings. The van der Waals surface area contributed by atoms with Crippen molar-refractivity contribution in [2.75, 3.05) is 11.1 Å². The molecule has 3 aromatic heterocycles. The van der Waals surface area contributed by atoms with E-state index < -0.39 is 0 Å². The number of nitrogens with two attached hydrogens (primary N) is 1. The number of hydrogen-bond donors (Lipinski definition) is 3. The first kappa shape index (κ1) is 18.8. The number of aromatic amines is 1. The molecule has 4 N–H and O–H groups in total. The normalized spacial score (nSPS) is 10.8. The van der Waals surface area contributed by atoms with Gasteiger partial charge in [-0.3, -0.25) is 9.89 Å². The van der Waals surface area contributed by atoms with Crippen LogP contribution in [0.4, 0.5) is 11.5 Å². The summed E-state index contributed by atoms with van der Waals surface area (Å²) in [6.07, 6.45) is 4.77. The summed E-state index contributed by atoms with van der Waals surface area (Å²) in [6, 6.07) is 16.6. The van der Waals surface area contributed by atoms with Crippen LogP contribution >= 0.6 is 11.3 Å². The molecule has 0 radical (unpaired) electrons. The molecule has 0 saturated carbocycles. The molecule has 0 spiro atoms. The molecule has 8 nitrogen and oxygen atoms in total. The van der Waals surface area contributed by atoms with Crippen LogP contribution in [-0.4, -0.2) is 26.1 Å². The van der Waals surface area contributed by atoms with Crippen molar-refractivity contribution in [2.45, 2.75) is 0 Å². The Morgan fingerprint density at radius 3 is 2.55 bits per heavy atom. The Labute approximate surface area is 180 Å². The number of anilines is 2. The Morgan fingerprint density at radius 2 is 1.81 bits per heavy atom. The van der Waals surface area contributed by atoms with Crippen molar-refractivity contribution in [3.8, 4) is 21.9 Å². The molecule has 3 heterocycles. The zero-order chi connectivity index (χ0) is 21.2. The standard InChI is InChI=1S/C22H16N6O2S/c23-20-18-17(19(13-10-26-27-11-13)31-22(18)25-12-24-20)21(29)28-14-6-8-16(9-7-14)30-15-4-2-1-3-5-15/h1-12H,(H,26,27)(H,28,29)(H2,23,24,25). The van der Waals surface area contributed by atoms with Gasteiger partial charge in [0.25, 0.3) is 5.91 Å². The van der Waals surface area contributed by atoms with Crippen LogP contribution in [0, 0.1) is 0 Å². The lowest BCUT2D eigenvalue weighted by atomic mass is 10.1. The molecule has 152 valence electrons. The Kier molecular flexibility index (Phi) is 4.77. The van der Waals surface area contributed by atoms with Crippen molar-refractivity contribution < 1.29 is 9.53 Å². The first-order valence-electron chi connectivity index (χ1n) is 9.35. The maximum atomic E-state index is 13.3.